The van der Waals surface area contributed by atoms with E-state index in [-0.39, 0.29) is 17.5 Å². The molecule has 2 aliphatic rings. The Labute approximate surface area is 210 Å². The number of rotatable bonds is 4. The average Bonchev–Trinajstić information content (AvgIpc) is 3.24. The number of nitrogens with zero attached hydrogens (tertiary/aromatic N) is 3. The van der Waals surface area contributed by atoms with Gasteiger partial charge in [0.05, 0.1) is 17.6 Å². The molecular weight excluding hydrogens is 491 g/mol. The molecule has 1 unspecified atom stereocenters. The maximum atomic E-state index is 13.7. The van der Waals surface area contributed by atoms with Crippen LogP contribution in [0.2, 0.25) is 0 Å². The molecule has 1 aromatic carbocycles. The van der Waals surface area contributed by atoms with Crippen LogP contribution in [0.5, 0.6) is 0 Å². The second-order valence-corrected chi connectivity index (χ2v) is 9.39. The number of carboxylic acid groups (broad SMARTS) is 1. The monoisotopic (exact) mass is 519 g/mol. The lowest BCUT2D eigenvalue weighted by atomic mass is 9.81. The zero-order chi connectivity index (χ0) is 26.9. The van der Waals surface area contributed by atoms with Crippen molar-refractivity contribution in [3.63, 3.8) is 0 Å². The van der Waals surface area contributed by atoms with Crippen LogP contribution in [0.3, 0.4) is 0 Å². The third-order valence-electron chi connectivity index (χ3n) is 6.81. The Morgan fingerprint density at radius 2 is 1.86 bits per heavy atom. The minimum Gasteiger partial charge on any atom is -0.475 e. The summed E-state index contributed by atoms with van der Waals surface area (Å²) in [7, 11) is 1.61. The van der Waals surface area contributed by atoms with E-state index in [2.05, 4.69) is 17.6 Å². The Kier molecular flexibility index (Phi) is 7.39. The number of aromatic nitrogens is 3. The molecule has 1 fully saturated rings. The fourth-order valence-electron chi connectivity index (χ4n) is 4.63. The summed E-state index contributed by atoms with van der Waals surface area (Å²) in [5.41, 5.74) is 5.12. The minimum atomic E-state index is -5.08. The predicted molar refractivity (Wildman–Crippen MR) is 129 cm³/mol. The van der Waals surface area contributed by atoms with Gasteiger partial charge in [-0.25, -0.2) is 9.31 Å². The Hall–Kier alpha value is -3.67. The number of alkyl halides is 3. The molecule has 1 saturated carbocycles. The van der Waals surface area contributed by atoms with Gasteiger partial charge in [-0.2, -0.15) is 18.3 Å². The third kappa shape index (κ3) is 5.38. The second kappa shape index (κ2) is 10.4. The summed E-state index contributed by atoms with van der Waals surface area (Å²) >= 11 is 0. The number of hydrogen-bond acceptors (Lipinski definition) is 5. The van der Waals surface area contributed by atoms with Gasteiger partial charge < -0.3 is 15.7 Å². The van der Waals surface area contributed by atoms with Crippen molar-refractivity contribution in [3.8, 4) is 5.69 Å². The lowest BCUT2D eigenvalue weighted by Crippen LogP contribution is -2.40. The van der Waals surface area contributed by atoms with Gasteiger partial charge >= 0.3 is 12.1 Å². The summed E-state index contributed by atoms with van der Waals surface area (Å²) < 4.78 is 35.5. The molecule has 2 aromatic heterocycles. The SMILES string of the molecule is CNC(=O)c1ccc(-n2c(=O)c3c(n4ncc(CC5CCC5)c24)CNC(C)C3)cc1.O=C(O)C(F)(F)F. The molecule has 1 amide bonds. The van der Waals surface area contributed by atoms with Crippen LogP contribution in [0.15, 0.2) is 35.3 Å². The van der Waals surface area contributed by atoms with Gasteiger partial charge in [-0.3, -0.25) is 14.2 Å². The van der Waals surface area contributed by atoms with Crippen molar-refractivity contribution in [2.45, 2.75) is 57.8 Å². The van der Waals surface area contributed by atoms with Gasteiger partial charge in [0, 0.05) is 36.3 Å². The van der Waals surface area contributed by atoms with Crippen molar-refractivity contribution >= 4 is 17.5 Å². The maximum Gasteiger partial charge on any atom is 0.490 e. The van der Waals surface area contributed by atoms with Crippen LogP contribution in [-0.2, 0) is 24.2 Å². The Bertz CT molecular complexity index is 1370. The molecule has 0 spiro atoms. The van der Waals surface area contributed by atoms with E-state index in [9.17, 15) is 22.8 Å². The first-order chi connectivity index (χ1) is 17.5. The highest BCUT2D eigenvalue weighted by Gasteiger charge is 2.38. The summed E-state index contributed by atoms with van der Waals surface area (Å²) in [6.45, 7) is 2.74. The van der Waals surface area contributed by atoms with Crippen molar-refractivity contribution in [3.05, 3.63) is 63.2 Å². The van der Waals surface area contributed by atoms with Crippen LogP contribution in [0, 0.1) is 5.92 Å². The number of carbonyl (C=O) groups is 2. The molecule has 3 heterocycles. The van der Waals surface area contributed by atoms with Crippen LogP contribution in [-0.4, -0.2) is 50.4 Å². The molecule has 1 atom stereocenters. The van der Waals surface area contributed by atoms with E-state index >= 15 is 0 Å². The average molecular weight is 520 g/mol. The van der Waals surface area contributed by atoms with Crippen LogP contribution in [0.1, 0.15) is 53.4 Å². The fraction of sp³-hybridized carbons (Fsp3) is 0.440. The molecule has 9 nitrogen and oxygen atoms in total. The third-order valence-corrected chi connectivity index (χ3v) is 6.81. The van der Waals surface area contributed by atoms with Crippen molar-refractivity contribution in [1.82, 2.24) is 24.8 Å². The molecule has 1 aliphatic heterocycles. The number of aliphatic carboxylic acids is 1. The molecular formula is C25H28F3N5O4. The fourth-order valence-corrected chi connectivity index (χ4v) is 4.63. The lowest BCUT2D eigenvalue weighted by Gasteiger charge is -2.26. The van der Waals surface area contributed by atoms with Gasteiger partial charge in [-0.1, -0.05) is 19.3 Å². The Balaban J connectivity index is 0.000000405. The number of carbonyl (C=O) groups excluding carboxylic acids is 1. The zero-order valence-electron chi connectivity index (χ0n) is 20.4. The molecule has 12 heteroatoms. The van der Waals surface area contributed by atoms with Gasteiger partial charge in [0.15, 0.2) is 0 Å². The van der Waals surface area contributed by atoms with Crippen molar-refractivity contribution < 1.29 is 27.9 Å². The summed E-state index contributed by atoms with van der Waals surface area (Å²) in [5.74, 6) is -2.22. The second-order valence-electron chi connectivity index (χ2n) is 9.39. The maximum absolute atomic E-state index is 13.7. The van der Waals surface area contributed by atoms with E-state index in [1.807, 2.05) is 22.8 Å². The van der Waals surface area contributed by atoms with E-state index in [4.69, 9.17) is 15.0 Å². The molecule has 3 N–H and O–H groups in total. The van der Waals surface area contributed by atoms with Gasteiger partial charge in [0.2, 0.25) is 0 Å². The van der Waals surface area contributed by atoms with Crippen molar-refractivity contribution in [2.75, 3.05) is 7.05 Å². The number of fused-ring (bicyclic) bond motifs is 3. The summed E-state index contributed by atoms with van der Waals surface area (Å²) in [4.78, 5) is 34.5. The van der Waals surface area contributed by atoms with Crippen LogP contribution < -0.4 is 16.2 Å². The molecule has 3 aromatic rings. The zero-order valence-corrected chi connectivity index (χ0v) is 20.4. The van der Waals surface area contributed by atoms with E-state index in [0.717, 1.165) is 34.6 Å². The lowest BCUT2D eigenvalue weighted by molar-refractivity contribution is -0.192. The number of halogens is 3. The molecule has 198 valence electrons. The van der Waals surface area contributed by atoms with Gasteiger partial charge in [0.25, 0.3) is 11.5 Å². The first-order valence-electron chi connectivity index (χ1n) is 12.0. The Morgan fingerprint density at radius 3 is 2.41 bits per heavy atom. The van der Waals surface area contributed by atoms with Gasteiger partial charge in [-0.05, 0) is 49.9 Å². The standard InChI is InChI=1S/C23H27N5O2.C2HF3O2/c1-14-10-19-20(13-25-14)28-22(17(12-26-28)11-15-4-3-5-15)27(23(19)30)18-8-6-16(7-9-18)21(29)24-2;3-2(4,5)1(6)7/h6-9,12,14-15,25H,3-5,10-11,13H2,1-2H3,(H,24,29);(H,6,7). The number of carboxylic acids is 1. The normalized spacial score (nSPS) is 17.4. The number of hydrogen-bond donors (Lipinski definition) is 3. The topological polar surface area (TPSA) is 118 Å². The summed E-state index contributed by atoms with van der Waals surface area (Å²) in [5, 5.41) is 17.9. The van der Waals surface area contributed by atoms with E-state index in [0.29, 0.717) is 24.4 Å². The molecule has 5 rings (SSSR count). The largest absolute Gasteiger partial charge is 0.490 e. The quantitative estimate of drug-likeness (QED) is 0.488. The minimum absolute atomic E-state index is 0.0221. The number of amides is 1. The molecule has 0 bridgehead atoms. The van der Waals surface area contributed by atoms with Crippen LogP contribution in [0.4, 0.5) is 13.2 Å². The highest BCUT2D eigenvalue weighted by Crippen LogP contribution is 2.32. The van der Waals surface area contributed by atoms with Crippen LogP contribution in [0.25, 0.3) is 11.3 Å². The highest BCUT2D eigenvalue weighted by atomic mass is 19.4. The molecule has 1 aliphatic carbocycles. The predicted octanol–water partition coefficient (Wildman–Crippen LogP) is 2.85. The van der Waals surface area contributed by atoms with E-state index in [1.165, 1.54) is 19.3 Å². The van der Waals surface area contributed by atoms with Crippen LogP contribution >= 0.6 is 0 Å². The Morgan fingerprint density at radius 1 is 1.22 bits per heavy atom. The number of nitrogens with one attached hydrogen (secondary N) is 2. The summed E-state index contributed by atoms with van der Waals surface area (Å²) in [6, 6.07) is 7.48. The number of benzene rings is 1. The van der Waals surface area contributed by atoms with Gasteiger partial charge in [-0.15, -0.1) is 0 Å². The summed E-state index contributed by atoms with van der Waals surface area (Å²) in [6.07, 6.45) is 2.24. The van der Waals surface area contributed by atoms with Crippen molar-refractivity contribution in [2.24, 2.45) is 5.92 Å². The molecule has 0 radical (unpaired) electrons. The van der Waals surface area contributed by atoms with Crippen molar-refractivity contribution in [1.29, 1.82) is 0 Å². The van der Waals surface area contributed by atoms with E-state index in [1.54, 1.807) is 23.7 Å². The van der Waals surface area contributed by atoms with E-state index < -0.39 is 12.1 Å². The first kappa shape index (κ1) is 26.4. The smallest absolute Gasteiger partial charge is 0.475 e. The first-order valence-corrected chi connectivity index (χ1v) is 12.0. The highest BCUT2D eigenvalue weighted by molar-refractivity contribution is 5.94. The van der Waals surface area contributed by atoms with Gasteiger partial charge in [0.1, 0.15) is 5.65 Å². The molecule has 37 heavy (non-hydrogen) atoms. The molecule has 0 saturated heterocycles.